The summed E-state index contributed by atoms with van der Waals surface area (Å²) in [6, 6.07) is 8.45. The van der Waals surface area contributed by atoms with Gasteiger partial charge in [-0.15, -0.1) is 0 Å². The molecular formula is C14H18N2. The van der Waals surface area contributed by atoms with E-state index in [0.29, 0.717) is 0 Å². The minimum Gasteiger partial charge on any atom is -0.282 e. The summed E-state index contributed by atoms with van der Waals surface area (Å²) in [5.41, 5.74) is 4.40. The van der Waals surface area contributed by atoms with Gasteiger partial charge in [-0.05, 0) is 24.1 Å². The zero-order chi connectivity index (χ0) is 11.2. The van der Waals surface area contributed by atoms with E-state index in [1.165, 1.54) is 35.4 Å². The molecule has 0 saturated carbocycles. The molecule has 1 aromatic rings. The Morgan fingerprint density at radius 2 is 2.06 bits per heavy atom. The molecule has 1 aliphatic rings. The minimum atomic E-state index is 1.08. The van der Waals surface area contributed by atoms with Crippen LogP contribution in [-0.2, 0) is 0 Å². The molecule has 0 unspecified atom stereocenters. The van der Waals surface area contributed by atoms with Crippen molar-refractivity contribution in [2.24, 2.45) is 5.10 Å². The van der Waals surface area contributed by atoms with Crippen LogP contribution in [0.5, 0.6) is 0 Å². The number of fused-ring (bicyclic) bond motifs is 1. The Bertz CT molecular complexity index is 486. The van der Waals surface area contributed by atoms with Crippen molar-refractivity contribution in [3.05, 3.63) is 34.7 Å². The van der Waals surface area contributed by atoms with Crippen molar-refractivity contribution in [3.8, 4) is 0 Å². The van der Waals surface area contributed by atoms with Crippen LogP contribution in [-0.4, -0.2) is 6.21 Å². The number of nitrogens with zero attached hydrogens (tertiary/aromatic N) is 1. The molecule has 0 fully saturated rings. The number of unbranched alkanes of at least 4 members (excludes halogenated alkanes) is 2. The van der Waals surface area contributed by atoms with Crippen LogP contribution in [0.25, 0.3) is 11.8 Å². The van der Waals surface area contributed by atoms with E-state index in [4.69, 9.17) is 0 Å². The smallest absolute Gasteiger partial charge is 0.0478 e. The van der Waals surface area contributed by atoms with Crippen LogP contribution in [0, 0.1) is 0 Å². The summed E-state index contributed by atoms with van der Waals surface area (Å²) < 4.78 is 0. The Balaban J connectivity index is 2.34. The fourth-order valence-electron chi connectivity index (χ4n) is 1.95. The molecular weight excluding hydrogens is 196 g/mol. The molecule has 0 atom stereocenters. The molecule has 0 aromatic heterocycles. The maximum atomic E-state index is 4.18. The fourth-order valence-corrected chi connectivity index (χ4v) is 1.95. The van der Waals surface area contributed by atoms with Crippen molar-refractivity contribution < 1.29 is 0 Å². The third-order valence-electron chi connectivity index (χ3n) is 2.84. The molecule has 1 heterocycles. The molecule has 16 heavy (non-hydrogen) atoms. The zero-order valence-electron chi connectivity index (χ0n) is 9.74. The summed E-state index contributed by atoms with van der Waals surface area (Å²) in [5.74, 6) is 0. The molecule has 0 spiro atoms. The lowest BCUT2D eigenvalue weighted by Crippen LogP contribution is -2.28. The second-order valence-electron chi connectivity index (χ2n) is 4.08. The Morgan fingerprint density at radius 1 is 1.19 bits per heavy atom. The second-order valence-corrected chi connectivity index (χ2v) is 4.08. The van der Waals surface area contributed by atoms with Crippen LogP contribution in [0.4, 0.5) is 0 Å². The number of hydrogen-bond acceptors (Lipinski definition) is 2. The zero-order valence-corrected chi connectivity index (χ0v) is 9.74. The van der Waals surface area contributed by atoms with E-state index in [2.05, 4.69) is 47.8 Å². The van der Waals surface area contributed by atoms with Gasteiger partial charge in [-0.1, -0.05) is 44.0 Å². The first-order valence-corrected chi connectivity index (χ1v) is 5.99. The van der Waals surface area contributed by atoms with Gasteiger partial charge in [0.05, 0.1) is 0 Å². The van der Waals surface area contributed by atoms with Crippen molar-refractivity contribution in [3.63, 3.8) is 0 Å². The molecule has 84 valence electrons. The lowest BCUT2D eigenvalue weighted by Gasteiger charge is -2.05. The van der Waals surface area contributed by atoms with Crippen molar-refractivity contribution in [1.29, 1.82) is 0 Å². The summed E-state index contributed by atoms with van der Waals surface area (Å²) in [6.07, 6.45) is 8.71. The number of nitrogens with one attached hydrogen (secondary N) is 1. The van der Waals surface area contributed by atoms with Gasteiger partial charge < -0.3 is 0 Å². The van der Waals surface area contributed by atoms with Crippen molar-refractivity contribution in [1.82, 2.24) is 5.43 Å². The fraction of sp³-hybridized carbons (Fsp3) is 0.357. The number of hydrazone groups is 1. The number of benzene rings is 1. The first-order chi connectivity index (χ1) is 7.92. The predicted octanol–water partition coefficient (Wildman–Crippen LogP) is 1.74. The van der Waals surface area contributed by atoms with Gasteiger partial charge in [0, 0.05) is 17.1 Å². The molecule has 0 amide bonds. The molecule has 0 saturated heterocycles. The van der Waals surface area contributed by atoms with Crippen LogP contribution in [0.15, 0.2) is 29.4 Å². The van der Waals surface area contributed by atoms with Gasteiger partial charge in [0.15, 0.2) is 0 Å². The Labute approximate surface area is 96.4 Å². The molecule has 1 aliphatic heterocycles. The molecule has 0 radical (unpaired) electrons. The molecule has 0 bridgehead atoms. The SMILES string of the molecule is CCCCCC1=c2ccccc2=CC=NN1. The van der Waals surface area contributed by atoms with Gasteiger partial charge >= 0.3 is 0 Å². The van der Waals surface area contributed by atoms with E-state index in [1.807, 2.05) is 6.21 Å². The number of rotatable bonds is 4. The summed E-state index contributed by atoms with van der Waals surface area (Å²) in [6.45, 7) is 2.23. The minimum absolute atomic E-state index is 1.08. The first kappa shape index (κ1) is 10.9. The third kappa shape index (κ3) is 2.51. The summed E-state index contributed by atoms with van der Waals surface area (Å²) in [5, 5.41) is 6.72. The standard InChI is InChI=1S/C14H18N2/c1-2-3-4-9-14-13-8-6-5-7-12(13)10-11-15-16-14/h5-8,10-11,16H,2-4,9H2,1H3. The molecule has 2 heteroatoms. The van der Waals surface area contributed by atoms with Gasteiger partial charge in [0.25, 0.3) is 0 Å². The predicted molar refractivity (Wildman–Crippen MR) is 69.3 cm³/mol. The monoisotopic (exact) mass is 214 g/mol. The first-order valence-electron chi connectivity index (χ1n) is 5.99. The Kier molecular flexibility index (Phi) is 3.76. The van der Waals surface area contributed by atoms with Crippen LogP contribution >= 0.6 is 0 Å². The lowest BCUT2D eigenvalue weighted by molar-refractivity contribution is 0.716. The molecule has 1 aromatic carbocycles. The van der Waals surface area contributed by atoms with Crippen LogP contribution in [0.1, 0.15) is 32.6 Å². The Morgan fingerprint density at radius 3 is 2.94 bits per heavy atom. The average Bonchev–Trinajstić information content (AvgIpc) is 2.52. The highest BCUT2D eigenvalue weighted by Crippen LogP contribution is 2.05. The van der Waals surface area contributed by atoms with E-state index in [-0.39, 0.29) is 0 Å². The molecule has 0 aliphatic carbocycles. The van der Waals surface area contributed by atoms with Gasteiger partial charge in [0.2, 0.25) is 0 Å². The van der Waals surface area contributed by atoms with Crippen molar-refractivity contribution in [2.75, 3.05) is 0 Å². The second kappa shape index (κ2) is 5.50. The molecule has 2 nitrogen and oxygen atoms in total. The Hall–Kier alpha value is -1.57. The maximum Gasteiger partial charge on any atom is 0.0478 e. The number of hydrogen-bond donors (Lipinski definition) is 1. The van der Waals surface area contributed by atoms with Crippen LogP contribution in [0.3, 0.4) is 0 Å². The summed E-state index contributed by atoms with van der Waals surface area (Å²) >= 11 is 0. The van der Waals surface area contributed by atoms with E-state index in [9.17, 15) is 0 Å². The molecule has 1 N–H and O–H groups in total. The highest BCUT2D eigenvalue weighted by molar-refractivity contribution is 5.91. The van der Waals surface area contributed by atoms with E-state index in [0.717, 1.165) is 6.42 Å². The van der Waals surface area contributed by atoms with E-state index >= 15 is 0 Å². The van der Waals surface area contributed by atoms with Gasteiger partial charge in [-0.25, -0.2) is 0 Å². The highest BCUT2D eigenvalue weighted by atomic mass is 15.3. The summed E-state index contributed by atoms with van der Waals surface area (Å²) in [4.78, 5) is 0. The van der Waals surface area contributed by atoms with E-state index in [1.54, 1.807) is 0 Å². The highest BCUT2D eigenvalue weighted by Gasteiger charge is 2.00. The topological polar surface area (TPSA) is 24.4 Å². The largest absolute Gasteiger partial charge is 0.282 e. The van der Waals surface area contributed by atoms with Gasteiger partial charge in [0.1, 0.15) is 0 Å². The quantitative estimate of drug-likeness (QED) is 0.759. The van der Waals surface area contributed by atoms with Crippen molar-refractivity contribution in [2.45, 2.75) is 32.6 Å². The van der Waals surface area contributed by atoms with Crippen molar-refractivity contribution >= 4 is 18.0 Å². The normalized spacial score (nSPS) is 13.7. The third-order valence-corrected chi connectivity index (χ3v) is 2.84. The van der Waals surface area contributed by atoms with Crippen LogP contribution < -0.4 is 15.9 Å². The lowest BCUT2D eigenvalue weighted by atomic mass is 10.1. The molecule has 2 rings (SSSR count). The van der Waals surface area contributed by atoms with Gasteiger partial charge in [-0.3, -0.25) is 5.43 Å². The van der Waals surface area contributed by atoms with E-state index < -0.39 is 0 Å². The summed E-state index contributed by atoms with van der Waals surface area (Å²) in [7, 11) is 0. The van der Waals surface area contributed by atoms with Gasteiger partial charge in [-0.2, -0.15) is 5.10 Å². The van der Waals surface area contributed by atoms with Crippen LogP contribution in [0.2, 0.25) is 0 Å². The average molecular weight is 214 g/mol. The maximum absolute atomic E-state index is 4.18.